The molecule has 0 aliphatic carbocycles. The van der Waals surface area contributed by atoms with Crippen molar-refractivity contribution in [1.82, 2.24) is 15.8 Å². The van der Waals surface area contributed by atoms with Crippen LogP contribution in [0.25, 0.3) is 0 Å². The van der Waals surface area contributed by atoms with Crippen molar-refractivity contribution >= 4 is 17.8 Å². The summed E-state index contributed by atoms with van der Waals surface area (Å²) in [5.41, 5.74) is 4.07. The summed E-state index contributed by atoms with van der Waals surface area (Å²) < 4.78 is 0. The lowest BCUT2D eigenvalue weighted by Gasteiger charge is -2.22. The second-order valence-electron chi connectivity index (χ2n) is 6.32. The molecule has 1 atom stereocenters. The number of amides is 4. The molecule has 1 unspecified atom stereocenters. The number of urea groups is 1. The number of carbonyl (C=O) groups is 3. The molecule has 25 heavy (non-hydrogen) atoms. The molecular weight excluding hydrogens is 318 g/mol. The van der Waals surface area contributed by atoms with E-state index < -0.39 is 23.4 Å². The molecule has 4 amide bonds. The highest BCUT2D eigenvalue weighted by Gasteiger charge is 2.50. The molecule has 2 aromatic rings. The predicted molar refractivity (Wildman–Crippen MR) is 92.6 cm³/mol. The fraction of sp³-hybridized carbons (Fsp3) is 0.211. The van der Waals surface area contributed by atoms with Gasteiger partial charge in [0, 0.05) is 5.56 Å². The molecule has 0 bridgehead atoms. The van der Waals surface area contributed by atoms with E-state index >= 15 is 0 Å². The number of nitrogens with zero attached hydrogens (tertiary/aromatic N) is 1. The molecule has 6 heteroatoms. The lowest BCUT2D eigenvalue weighted by Crippen LogP contribution is -2.48. The Balaban J connectivity index is 1.85. The summed E-state index contributed by atoms with van der Waals surface area (Å²) in [5, 5.41) is 3.39. The third-order valence-corrected chi connectivity index (χ3v) is 4.38. The molecule has 0 spiro atoms. The number of rotatable bonds is 3. The molecule has 1 fully saturated rings. The Morgan fingerprint density at radius 2 is 1.76 bits per heavy atom. The molecule has 6 nitrogen and oxygen atoms in total. The topological polar surface area (TPSA) is 78.5 Å². The zero-order valence-electron chi connectivity index (χ0n) is 14.3. The monoisotopic (exact) mass is 337 g/mol. The summed E-state index contributed by atoms with van der Waals surface area (Å²) in [7, 11) is 0. The number of benzene rings is 2. The van der Waals surface area contributed by atoms with Gasteiger partial charge in [-0.3, -0.25) is 15.0 Å². The number of hydrogen-bond acceptors (Lipinski definition) is 3. The number of nitrogens with one attached hydrogen (secondary N) is 2. The van der Waals surface area contributed by atoms with Crippen molar-refractivity contribution in [2.24, 2.45) is 0 Å². The molecule has 0 saturated carbocycles. The van der Waals surface area contributed by atoms with E-state index in [0.717, 1.165) is 16.1 Å². The van der Waals surface area contributed by atoms with Crippen molar-refractivity contribution < 1.29 is 14.4 Å². The summed E-state index contributed by atoms with van der Waals surface area (Å²) in [4.78, 5) is 37.5. The van der Waals surface area contributed by atoms with Crippen molar-refractivity contribution in [2.75, 3.05) is 0 Å². The zero-order chi connectivity index (χ0) is 18.2. The van der Waals surface area contributed by atoms with Gasteiger partial charge < -0.3 is 5.32 Å². The molecule has 0 radical (unpaired) electrons. The van der Waals surface area contributed by atoms with E-state index in [4.69, 9.17) is 0 Å². The average Bonchev–Trinajstić information content (AvgIpc) is 2.80. The maximum atomic E-state index is 12.8. The molecule has 1 aliphatic rings. The molecule has 2 aromatic carbocycles. The van der Waals surface area contributed by atoms with Gasteiger partial charge in [0.1, 0.15) is 5.54 Å². The first-order valence-corrected chi connectivity index (χ1v) is 7.93. The van der Waals surface area contributed by atoms with Gasteiger partial charge in [-0.2, -0.15) is 5.01 Å². The van der Waals surface area contributed by atoms with E-state index in [2.05, 4.69) is 10.7 Å². The van der Waals surface area contributed by atoms with Crippen molar-refractivity contribution in [1.29, 1.82) is 0 Å². The lowest BCUT2D eigenvalue weighted by molar-refractivity contribution is -0.132. The van der Waals surface area contributed by atoms with Crippen LogP contribution < -0.4 is 10.7 Å². The van der Waals surface area contributed by atoms with Crippen molar-refractivity contribution in [3.8, 4) is 0 Å². The fourth-order valence-electron chi connectivity index (χ4n) is 2.94. The van der Waals surface area contributed by atoms with Crippen molar-refractivity contribution in [2.45, 2.75) is 26.3 Å². The Morgan fingerprint density at radius 1 is 1.08 bits per heavy atom. The van der Waals surface area contributed by atoms with Crippen LogP contribution in [-0.2, 0) is 10.3 Å². The minimum Gasteiger partial charge on any atom is -0.318 e. The summed E-state index contributed by atoms with van der Waals surface area (Å²) in [5.74, 6) is -1.03. The molecule has 1 heterocycles. The SMILES string of the molecule is Cc1ccc(C(=O)NN2C(=O)NC(C)(c3ccccc3)C2=O)c(C)c1. The highest BCUT2D eigenvalue weighted by atomic mass is 16.2. The summed E-state index contributed by atoms with van der Waals surface area (Å²) in [6.45, 7) is 5.35. The quantitative estimate of drug-likeness (QED) is 0.844. The van der Waals surface area contributed by atoms with Crippen LogP contribution in [0.3, 0.4) is 0 Å². The van der Waals surface area contributed by atoms with E-state index in [1.54, 1.807) is 37.3 Å². The van der Waals surface area contributed by atoms with Crippen LogP contribution in [0.1, 0.15) is 34.0 Å². The normalized spacial score (nSPS) is 19.7. The number of carbonyl (C=O) groups excluding carboxylic acids is 3. The molecule has 3 rings (SSSR count). The van der Waals surface area contributed by atoms with E-state index in [0.29, 0.717) is 11.1 Å². The number of hydrogen-bond donors (Lipinski definition) is 2. The highest BCUT2D eigenvalue weighted by Crippen LogP contribution is 2.27. The maximum absolute atomic E-state index is 12.8. The smallest absolute Gasteiger partial charge is 0.318 e. The van der Waals surface area contributed by atoms with E-state index in [-0.39, 0.29) is 0 Å². The Morgan fingerprint density at radius 3 is 2.40 bits per heavy atom. The van der Waals surface area contributed by atoms with Crippen molar-refractivity contribution in [3.63, 3.8) is 0 Å². The van der Waals surface area contributed by atoms with Gasteiger partial charge in [0.05, 0.1) is 0 Å². The molecular formula is C19H19N3O3. The van der Waals surface area contributed by atoms with Crippen LogP contribution in [0.15, 0.2) is 48.5 Å². The lowest BCUT2D eigenvalue weighted by atomic mass is 9.92. The Hall–Kier alpha value is -3.15. The van der Waals surface area contributed by atoms with Gasteiger partial charge in [-0.15, -0.1) is 0 Å². The van der Waals surface area contributed by atoms with E-state index in [9.17, 15) is 14.4 Å². The van der Waals surface area contributed by atoms with Crippen LogP contribution in [0.4, 0.5) is 4.79 Å². The first kappa shape index (κ1) is 16.7. The molecule has 128 valence electrons. The van der Waals surface area contributed by atoms with Crippen LogP contribution in [0.2, 0.25) is 0 Å². The van der Waals surface area contributed by atoms with Gasteiger partial charge in [0.15, 0.2) is 0 Å². The molecule has 2 N–H and O–H groups in total. The van der Waals surface area contributed by atoms with Gasteiger partial charge in [-0.05, 0) is 38.0 Å². The van der Waals surface area contributed by atoms with Gasteiger partial charge in [-0.25, -0.2) is 4.79 Å². The van der Waals surface area contributed by atoms with Gasteiger partial charge in [0.2, 0.25) is 0 Å². The Labute approximate surface area is 145 Å². The minimum absolute atomic E-state index is 0.416. The predicted octanol–water partition coefficient (Wildman–Crippen LogP) is 2.42. The number of aryl methyl sites for hydroxylation is 2. The number of imide groups is 1. The number of hydrazine groups is 1. The molecule has 1 saturated heterocycles. The maximum Gasteiger partial charge on any atom is 0.344 e. The highest BCUT2D eigenvalue weighted by molar-refractivity contribution is 6.09. The fourth-order valence-corrected chi connectivity index (χ4v) is 2.94. The second-order valence-corrected chi connectivity index (χ2v) is 6.32. The van der Waals surface area contributed by atoms with Crippen LogP contribution >= 0.6 is 0 Å². The van der Waals surface area contributed by atoms with Crippen LogP contribution in [0.5, 0.6) is 0 Å². The van der Waals surface area contributed by atoms with Gasteiger partial charge >= 0.3 is 6.03 Å². The van der Waals surface area contributed by atoms with Crippen molar-refractivity contribution in [3.05, 3.63) is 70.8 Å². The van der Waals surface area contributed by atoms with Crippen LogP contribution in [-0.4, -0.2) is 22.9 Å². The third kappa shape index (κ3) is 2.87. The van der Waals surface area contributed by atoms with Gasteiger partial charge in [0.25, 0.3) is 11.8 Å². The van der Waals surface area contributed by atoms with Gasteiger partial charge in [-0.1, -0.05) is 48.0 Å². The Kier molecular flexibility index (Phi) is 4.04. The second kappa shape index (κ2) is 6.05. The summed E-state index contributed by atoms with van der Waals surface area (Å²) in [6, 6.07) is 13.6. The first-order chi connectivity index (χ1) is 11.8. The zero-order valence-corrected chi connectivity index (χ0v) is 14.3. The van der Waals surface area contributed by atoms with E-state index in [1.165, 1.54) is 0 Å². The standard InChI is InChI=1S/C19H19N3O3/c1-12-9-10-15(13(2)11-12)16(23)21-22-17(24)19(3,20-18(22)25)14-7-5-4-6-8-14/h4-11H,1-3H3,(H,20,25)(H,21,23). The molecule has 0 aromatic heterocycles. The largest absolute Gasteiger partial charge is 0.344 e. The first-order valence-electron chi connectivity index (χ1n) is 7.93. The molecule has 1 aliphatic heterocycles. The summed E-state index contributed by atoms with van der Waals surface area (Å²) >= 11 is 0. The minimum atomic E-state index is -1.21. The van der Waals surface area contributed by atoms with E-state index in [1.807, 2.05) is 32.0 Å². The average molecular weight is 337 g/mol. The summed E-state index contributed by atoms with van der Waals surface area (Å²) in [6.07, 6.45) is 0. The third-order valence-electron chi connectivity index (χ3n) is 4.38. The van der Waals surface area contributed by atoms with Crippen LogP contribution in [0, 0.1) is 13.8 Å². The Bertz CT molecular complexity index is 863.